The van der Waals surface area contributed by atoms with E-state index >= 15 is 0 Å². The van der Waals surface area contributed by atoms with Gasteiger partial charge in [-0.25, -0.2) is 4.79 Å². The number of carbonyl (C=O) groups is 4. The Bertz CT molecular complexity index is 1100. The lowest BCUT2D eigenvalue weighted by Crippen LogP contribution is -2.54. The SMILES string of the molecule is C=CCN(C(=O)C(Cc1ccccc1)NC(=O)OC(C)(C)C)C(C(=O)NCCC(=O)OCC)c1ccccc1. The van der Waals surface area contributed by atoms with Gasteiger partial charge in [-0.3, -0.25) is 14.4 Å². The largest absolute Gasteiger partial charge is 0.466 e. The number of esters is 1. The van der Waals surface area contributed by atoms with Crippen LogP contribution in [0.15, 0.2) is 73.3 Å². The van der Waals surface area contributed by atoms with Crippen molar-refractivity contribution >= 4 is 23.9 Å². The van der Waals surface area contributed by atoms with Crippen molar-refractivity contribution in [2.24, 2.45) is 0 Å². The molecule has 2 unspecified atom stereocenters. The lowest BCUT2D eigenvalue weighted by molar-refractivity contribution is -0.144. The van der Waals surface area contributed by atoms with Crippen LogP contribution in [0.1, 0.15) is 51.3 Å². The number of benzene rings is 2. The highest BCUT2D eigenvalue weighted by Gasteiger charge is 2.35. The maximum atomic E-state index is 14.1. The first-order valence-electron chi connectivity index (χ1n) is 13.0. The predicted octanol–water partition coefficient (Wildman–Crippen LogP) is 3.95. The Morgan fingerprint density at radius 2 is 1.62 bits per heavy atom. The normalized spacial score (nSPS) is 12.4. The standard InChI is InChI=1S/C30H39N3O6/c1-6-20-33(26(23-16-12-9-13-17-23)27(35)31-19-18-25(34)38-7-2)28(36)24(21-22-14-10-8-11-15-22)32-29(37)39-30(3,4)5/h6,8-17,24,26H,1,7,18-21H2,2-5H3,(H,31,35)(H,32,37). The lowest BCUT2D eigenvalue weighted by atomic mass is 10.0. The Morgan fingerprint density at radius 1 is 1.00 bits per heavy atom. The van der Waals surface area contributed by atoms with Crippen LogP contribution in [0.25, 0.3) is 0 Å². The third kappa shape index (κ3) is 10.6. The van der Waals surface area contributed by atoms with Crippen LogP contribution in [0, 0.1) is 0 Å². The fraction of sp³-hybridized carbons (Fsp3) is 0.400. The maximum absolute atomic E-state index is 14.1. The van der Waals surface area contributed by atoms with Crippen molar-refractivity contribution < 1.29 is 28.7 Å². The van der Waals surface area contributed by atoms with Crippen LogP contribution in [-0.4, -0.2) is 60.1 Å². The van der Waals surface area contributed by atoms with E-state index in [0.29, 0.717) is 5.56 Å². The fourth-order valence-electron chi connectivity index (χ4n) is 3.89. The molecule has 0 radical (unpaired) electrons. The molecule has 0 aliphatic rings. The van der Waals surface area contributed by atoms with E-state index < -0.39 is 41.6 Å². The van der Waals surface area contributed by atoms with E-state index in [4.69, 9.17) is 9.47 Å². The van der Waals surface area contributed by atoms with Gasteiger partial charge in [0, 0.05) is 19.5 Å². The smallest absolute Gasteiger partial charge is 0.408 e. The molecule has 2 aromatic carbocycles. The third-order valence-corrected chi connectivity index (χ3v) is 5.49. The molecule has 2 aromatic rings. The van der Waals surface area contributed by atoms with E-state index in [2.05, 4.69) is 17.2 Å². The van der Waals surface area contributed by atoms with Gasteiger partial charge in [0.05, 0.1) is 13.0 Å². The summed E-state index contributed by atoms with van der Waals surface area (Å²) in [6.07, 6.45) is 0.948. The van der Waals surface area contributed by atoms with Crippen molar-refractivity contribution in [3.05, 3.63) is 84.4 Å². The molecule has 0 fully saturated rings. The second-order valence-corrected chi connectivity index (χ2v) is 9.83. The summed E-state index contributed by atoms with van der Waals surface area (Å²) in [6, 6.07) is 16.0. The summed E-state index contributed by atoms with van der Waals surface area (Å²) in [7, 11) is 0. The molecule has 9 heteroatoms. The number of hydrogen-bond donors (Lipinski definition) is 2. The first kappa shape index (κ1) is 31.1. The summed E-state index contributed by atoms with van der Waals surface area (Å²) in [5.41, 5.74) is 0.619. The molecular weight excluding hydrogens is 498 g/mol. The number of rotatable bonds is 13. The predicted molar refractivity (Wildman–Crippen MR) is 149 cm³/mol. The Kier molecular flexibility index (Phi) is 12.2. The number of alkyl carbamates (subject to hydrolysis) is 1. The molecular formula is C30H39N3O6. The Morgan fingerprint density at radius 3 is 2.18 bits per heavy atom. The average Bonchev–Trinajstić information content (AvgIpc) is 2.88. The van der Waals surface area contributed by atoms with Crippen molar-refractivity contribution in [1.82, 2.24) is 15.5 Å². The minimum Gasteiger partial charge on any atom is -0.466 e. The van der Waals surface area contributed by atoms with Crippen LogP contribution < -0.4 is 10.6 Å². The van der Waals surface area contributed by atoms with Crippen molar-refractivity contribution in [2.75, 3.05) is 19.7 Å². The molecule has 3 amide bonds. The van der Waals surface area contributed by atoms with Crippen LogP contribution in [-0.2, 0) is 30.3 Å². The van der Waals surface area contributed by atoms with Crippen LogP contribution in [0.3, 0.4) is 0 Å². The quantitative estimate of drug-likeness (QED) is 0.296. The van der Waals surface area contributed by atoms with Gasteiger partial charge >= 0.3 is 12.1 Å². The molecule has 2 atom stereocenters. The van der Waals surface area contributed by atoms with Gasteiger partial charge in [0.25, 0.3) is 0 Å². The number of ether oxygens (including phenoxy) is 2. The molecule has 0 saturated heterocycles. The molecule has 0 saturated carbocycles. The summed E-state index contributed by atoms with van der Waals surface area (Å²) in [5, 5.41) is 5.44. The molecule has 0 aliphatic carbocycles. The number of nitrogens with zero attached hydrogens (tertiary/aromatic N) is 1. The summed E-state index contributed by atoms with van der Waals surface area (Å²) in [5.74, 6) is -1.40. The summed E-state index contributed by atoms with van der Waals surface area (Å²) in [6.45, 7) is 11.0. The number of nitrogens with one attached hydrogen (secondary N) is 2. The summed E-state index contributed by atoms with van der Waals surface area (Å²) < 4.78 is 10.4. The molecule has 39 heavy (non-hydrogen) atoms. The topological polar surface area (TPSA) is 114 Å². The molecule has 210 valence electrons. The molecule has 2 rings (SSSR count). The zero-order chi connectivity index (χ0) is 28.8. The average molecular weight is 538 g/mol. The first-order chi connectivity index (χ1) is 18.6. The van der Waals surface area contributed by atoms with Crippen LogP contribution in [0.4, 0.5) is 4.79 Å². The molecule has 0 spiro atoms. The second kappa shape index (κ2) is 15.3. The fourth-order valence-corrected chi connectivity index (χ4v) is 3.89. The molecule has 0 aliphatic heterocycles. The summed E-state index contributed by atoms with van der Waals surface area (Å²) in [4.78, 5) is 53.4. The molecule has 9 nitrogen and oxygen atoms in total. The maximum Gasteiger partial charge on any atom is 0.408 e. The van der Waals surface area contributed by atoms with Gasteiger partial charge in [-0.05, 0) is 38.8 Å². The highest BCUT2D eigenvalue weighted by Crippen LogP contribution is 2.23. The van der Waals surface area contributed by atoms with Gasteiger partial charge in [0.15, 0.2) is 0 Å². The van der Waals surface area contributed by atoms with E-state index in [1.807, 2.05) is 30.3 Å². The molecule has 0 aromatic heterocycles. The lowest BCUT2D eigenvalue weighted by Gasteiger charge is -2.34. The highest BCUT2D eigenvalue weighted by molar-refractivity contribution is 5.92. The van der Waals surface area contributed by atoms with Crippen molar-refractivity contribution in [3.63, 3.8) is 0 Å². The van der Waals surface area contributed by atoms with Gasteiger partial charge < -0.3 is 25.0 Å². The zero-order valence-corrected chi connectivity index (χ0v) is 23.1. The van der Waals surface area contributed by atoms with Gasteiger partial charge in [-0.15, -0.1) is 6.58 Å². The molecule has 0 heterocycles. The van der Waals surface area contributed by atoms with Gasteiger partial charge in [0.2, 0.25) is 11.8 Å². The van der Waals surface area contributed by atoms with E-state index in [-0.39, 0.29) is 32.5 Å². The monoisotopic (exact) mass is 537 g/mol. The van der Waals surface area contributed by atoms with Gasteiger partial charge in [0.1, 0.15) is 17.7 Å². The van der Waals surface area contributed by atoms with E-state index in [0.717, 1.165) is 5.56 Å². The number of hydrogen-bond acceptors (Lipinski definition) is 6. The van der Waals surface area contributed by atoms with Gasteiger partial charge in [-0.2, -0.15) is 0 Å². The number of amides is 3. The van der Waals surface area contributed by atoms with Crippen LogP contribution in [0.2, 0.25) is 0 Å². The molecule has 2 N–H and O–H groups in total. The van der Waals surface area contributed by atoms with Crippen molar-refractivity contribution in [1.29, 1.82) is 0 Å². The number of carbonyl (C=O) groups excluding carboxylic acids is 4. The van der Waals surface area contributed by atoms with Crippen LogP contribution >= 0.6 is 0 Å². The minimum absolute atomic E-state index is 0.00662. The van der Waals surface area contributed by atoms with Gasteiger partial charge in [-0.1, -0.05) is 66.7 Å². The zero-order valence-electron chi connectivity index (χ0n) is 23.1. The van der Waals surface area contributed by atoms with E-state index in [1.165, 1.54) is 11.0 Å². The first-order valence-corrected chi connectivity index (χ1v) is 13.0. The Balaban J connectivity index is 2.40. The van der Waals surface area contributed by atoms with E-state index in [9.17, 15) is 19.2 Å². The second-order valence-electron chi connectivity index (χ2n) is 9.83. The third-order valence-electron chi connectivity index (χ3n) is 5.49. The summed E-state index contributed by atoms with van der Waals surface area (Å²) >= 11 is 0. The Hall–Kier alpha value is -4.14. The van der Waals surface area contributed by atoms with Crippen molar-refractivity contribution in [2.45, 2.75) is 58.2 Å². The molecule has 0 bridgehead atoms. The van der Waals surface area contributed by atoms with E-state index in [1.54, 1.807) is 58.0 Å². The van der Waals surface area contributed by atoms with Crippen molar-refractivity contribution in [3.8, 4) is 0 Å². The van der Waals surface area contributed by atoms with Crippen LogP contribution in [0.5, 0.6) is 0 Å². The minimum atomic E-state index is -1.04. The highest BCUT2D eigenvalue weighted by atomic mass is 16.6. The Labute approximate surface area is 230 Å².